The maximum Gasteiger partial charge on any atom is 0.0505 e. The Balaban J connectivity index is 1.81. The van der Waals surface area contributed by atoms with E-state index in [-0.39, 0.29) is 12.0 Å². The first-order valence-corrected chi connectivity index (χ1v) is 6.75. The van der Waals surface area contributed by atoms with Crippen molar-refractivity contribution < 1.29 is 5.11 Å². The maximum absolute atomic E-state index is 9.44. The van der Waals surface area contributed by atoms with Crippen LogP contribution in [0.1, 0.15) is 17.9 Å². The highest BCUT2D eigenvalue weighted by Crippen LogP contribution is 2.58. The second-order valence-electron chi connectivity index (χ2n) is 5.47. The molecule has 2 nitrogen and oxygen atoms in total. The summed E-state index contributed by atoms with van der Waals surface area (Å²) in [5, 5.41) is 9.44. The second-order valence-corrected chi connectivity index (χ2v) is 5.47. The summed E-state index contributed by atoms with van der Waals surface area (Å²) < 4.78 is 0. The van der Waals surface area contributed by atoms with Crippen LogP contribution in [0.3, 0.4) is 0 Å². The lowest BCUT2D eigenvalue weighted by Crippen LogP contribution is -2.21. The highest BCUT2D eigenvalue weighted by molar-refractivity contribution is 5.63. The van der Waals surface area contributed by atoms with Crippen molar-refractivity contribution in [1.82, 2.24) is 0 Å². The minimum Gasteiger partial charge on any atom is -0.396 e. The van der Waals surface area contributed by atoms with Crippen molar-refractivity contribution >= 4 is 0 Å². The molecule has 98 valence electrons. The second kappa shape index (κ2) is 4.80. The summed E-state index contributed by atoms with van der Waals surface area (Å²) in [6.07, 6.45) is 1.00. The highest BCUT2D eigenvalue weighted by Gasteiger charge is 2.53. The van der Waals surface area contributed by atoms with Crippen LogP contribution in [0, 0.1) is 5.41 Å². The fourth-order valence-electron chi connectivity index (χ4n) is 2.82. The number of aliphatic hydroxyl groups is 1. The van der Waals surface area contributed by atoms with E-state index in [0.717, 1.165) is 6.42 Å². The zero-order valence-electron chi connectivity index (χ0n) is 10.9. The number of aliphatic hydroxyl groups excluding tert-OH is 1. The third-order valence-corrected chi connectivity index (χ3v) is 4.33. The molecule has 2 heteroatoms. The number of benzene rings is 2. The van der Waals surface area contributed by atoms with Crippen LogP contribution < -0.4 is 5.73 Å². The Morgan fingerprint density at radius 1 is 1.00 bits per heavy atom. The third kappa shape index (κ3) is 2.18. The average molecular weight is 253 g/mol. The summed E-state index contributed by atoms with van der Waals surface area (Å²) in [5.41, 5.74) is 9.46. The van der Waals surface area contributed by atoms with Gasteiger partial charge in [-0.05, 0) is 29.0 Å². The highest BCUT2D eigenvalue weighted by atomic mass is 16.3. The quantitative estimate of drug-likeness (QED) is 0.880. The van der Waals surface area contributed by atoms with Crippen LogP contribution >= 0.6 is 0 Å². The molecule has 2 aromatic rings. The van der Waals surface area contributed by atoms with E-state index in [9.17, 15) is 5.11 Å². The van der Waals surface area contributed by atoms with Crippen molar-refractivity contribution in [2.75, 3.05) is 13.2 Å². The smallest absolute Gasteiger partial charge is 0.0505 e. The van der Waals surface area contributed by atoms with Crippen LogP contribution in [0.25, 0.3) is 11.1 Å². The lowest BCUT2D eigenvalue weighted by molar-refractivity contribution is 0.211. The van der Waals surface area contributed by atoms with Gasteiger partial charge in [-0.15, -0.1) is 0 Å². The minimum atomic E-state index is -0.0612. The topological polar surface area (TPSA) is 46.2 Å². The Hall–Kier alpha value is -1.64. The summed E-state index contributed by atoms with van der Waals surface area (Å²) in [6, 6.07) is 19.0. The number of nitrogens with two attached hydrogens (primary N) is 1. The molecule has 1 aliphatic carbocycles. The molecule has 3 rings (SSSR count). The van der Waals surface area contributed by atoms with Gasteiger partial charge < -0.3 is 10.8 Å². The Bertz CT molecular complexity index is 543. The molecular weight excluding hydrogens is 234 g/mol. The van der Waals surface area contributed by atoms with Gasteiger partial charge >= 0.3 is 0 Å². The molecule has 0 aliphatic heterocycles. The van der Waals surface area contributed by atoms with Crippen LogP contribution in [0.5, 0.6) is 0 Å². The van der Waals surface area contributed by atoms with Crippen LogP contribution in [0.15, 0.2) is 54.6 Å². The molecule has 1 saturated carbocycles. The molecule has 0 heterocycles. The Morgan fingerprint density at radius 2 is 1.63 bits per heavy atom. The summed E-state index contributed by atoms with van der Waals surface area (Å²) in [6.45, 7) is 0.753. The Kier molecular flexibility index (Phi) is 3.13. The Labute approximate surface area is 113 Å². The van der Waals surface area contributed by atoms with Gasteiger partial charge in [-0.3, -0.25) is 0 Å². The average Bonchev–Trinajstić information content (AvgIpc) is 3.24. The number of hydrogen-bond donors (Lipinski definition) is 2. The predicted octanol–water partition coefficient (Wildman–Crippen LogP) is 2.78. The standard InChI is InChI=1S/C17H19NO/c18-11-17(12-19)10-16(17)15-8-6-14(7-9-15)13-4-2-1-3-5-13/h1-9,16,19H,10-12,18H2. The van der Waals surface area contributed by atoms with Crippen molar-refractivity contribution in [2.45, 2.75) is 12.3 Å². The molecule has 3 N–H and O–H groups in total. The van der Waals surface area contributed by atoms with Gasteiger partial charge in [-0.2, -0.15) is 0 Å². The van der Waals surface area contributed by atoms with Gasteiger partial charge in [-0.1, -0.05) is 54.6 Å². The molecule has 0 saturated heterocycles. The molecule has 0 aromatic heterocycles. The maximum atomic E-state index is 9.44. The monoisotopic (exact) mass is 253 g/mol. The largest absolute Gasteiger partial charge is 0.396 e. The fraction of sp³-hybridized carbons (Fsp3) is 0.294. The van der Waals surface area contributed by atoms with E-state index < -0.39 is 0 Å². The van der Waals surface area contributed by atoms with Gasteiger partial charge in [0.2, 0.25) is 0 Å². The first kappa shape index (κ1) is 12.4. The lowest BCUT2D eigenvalue weighted by atomic mass is 9.97. The van der Waals surface area contributed by atoms with Gasteiger partial charge in [0.25, 0.3) is 0 Å². The van der Waals surface area contributed by atoms with E-state index in [0.29, 0.717) is 12.5 Å². The van der Waals surface area contributed by atoms with Crippen molar-refractivity contribution in [3.63, 3.8) is 0 Å². The van der Waals surface area contributed by atoms with E-state index in [2.05, 4.69) is 48.5 Å². The molecule has 0 radical (unpaired) electrons. The molecule has 0 spiro atoms. The van der Waals surface area contributed by atoms with Gasteiger partial charge in [-0.25, -0.2) is 0 Å². The number of hydrogen-bond acceptors (Lipinski definition) is 2. The van der Waals surface area contributed by atoms with E-state index in [1.807, 2.05) is 6.07 Å². The van der Waals surface area contributed by atoms with Gasteiger partial charge in [0.05, 0.1) is 6.61 Å². The van der Waals surface area contributed by atoms with E-state index in [4.69, 9.17) is 5.73 Å². The van der Waals surface area contributed by atoms with Crippen LogP contribution in [-0.2, 0) is 0 Å². The van der Waals surface area contributed by atoms with Crippen molar-refractivity contribution in [3.05, 3.63) is 60.2 Å². The van der Waals surface area contributed by atoms with Gasteiger partial charge in [0.1, 0.15) is 0 Å². The SMILES string of the molecule is NCC1(CO)CC1c1ccc(-c2ccccc2)cc1. The van der Waals surface area contributed by atoms with E-state index in [1.54, 1.807) is 0 Å². The summed E-state index contributed by atoms with van der Waals surface area (Å²) in [5.74, 6) is 0.423. The van der Waals surface area contributed by atoms with E-state index in [1.165, 1.54) is 16.7 Å². The van der Waals surface area contributed by atoms with Crippen LogP contribution in [-0.4, -0.2) is 18.3 Å². The molecule has 1 aliphatic rings. The van der Waals surface area contributed by atoms with Crippen molar-refractivity contribution in [1.29, 1.82) is 0 Å². The van der Waals surface area contributed by atoms with Gasteiger partial charge in [0, 0.05) is 12.0 Å². The normalized spacial score (nSPS) is 25.3. The minimum absolute atomic E-state index is 0.0612. The molecular formula is C17H19NO. The lowest BCUT2D eigenvalue weighted by Gasteiger charge is -2.11. The molecule has 0 bridgehead atoms. The molecule has 2 atom stereocenters. The number of rotatable bonds is 4. The predicted molar refractivity (Wildman–Crippen MR) is 77.8 cm³/mol. The summed E-state index contributed by atoms with van der Waals surface area (Å²) in [7, 11) is 0. The zero-order chi connectivity index (χ0) is 13.3. The molecule has 19 heavy (non-hydrogen) atoms. The zero-order valence-corrected chi connectivity index (χ0v) is 10.9. The van der Waals surface area contributed by atoms with E-state index >= 15 is 0 Å². The molecule has 1 fully saturated rings. The van der Waals surface area contributed by atoms with Crippen LogP contribution in [0.2, 0.25) is 0 Å². The first-order valence-electron chi connectivity index (χ1n) is 6.75. The Morgan fingerprint density at radius 3 is 2.16 bits per heavy atom. The molecule has 0 amide bonds. The summed E-state index contributed by atoms with van der Waals surface area (Å²) in [4.78, 5) is 0. The first-order chi connectivity index (χ1) is 9.29. The van der Waals surface area contributed by atoms with Crippen LogP contribution in [0.4, 0.5) is 0 Å². The third-order valence-electron chi connectivity index (χ3n) is 4.33. The van der Waals surface area contributed by atoms with Crippen molar-refractivity contribution in [3.8, 4) is 11.1 Å². The fourth-order valence-corrected chi connectivity index (χ4v) is 2.82. The molecule has 2 aromatic carbocycles. The molecule has 2 unspecified atom stereocenters. The van der Waals surface area contributed by atoms with Gasteiger partial charge in [0.15, 0.2) is 0 Å². The summed E-state index contributed by atoms with van der Waals surface area (Å²) >= 11 is 0. The van der Waals surface area contributed by atoms with Crippen molar-refractivity contribution in [2.24, 2.45) is 11.1 Å².